The van der Waals surface area contributed by atoms with E-state index in [4.69, 9.17) is 4.74 Å². The van der Waals surface area contributed by atoms with E-state index in [-0.39, 0.29) is 0 Å². The van der Waals surface area contributed by atoms with Crippen molar-refractivity contribution in [3.63, 3.8) is 0 Å². The van der Waals surface area contributed by atoms with Crippen LogP contribution in [0.2, 0.25) is 0 Å². The van der Waals surface area contributed by atoms with Crippen LogP contribution in [0.1, 0.15) is 32.3 Å². The van der Waals surface area contributed by atoms with Gasteiger partial charge in [0.1, 0.15) is 5.82 Å². The van der Waals surface area contributed by atoms with Crippen LogP contribution >= 0.6 is 0 Å². The van der Waals surface area contributed by atoms with Crippen LogP contribution in [-0.2, 0) is 11.3 Å². The lowest BCUT2D eigenvalue weighted by atomic mass is 9.99. The summed E-state index contributed by atoms with van der Waals surface area (Å²) in [6.45, 7) is 8.26. The number of ether oxygens (including phenoxy) is 1. The lowest BCUT2D eigenvalue weighted by molar-refractivity contribution is 0.143. The summed E-state index contributed by atoms with van der Waals surface area (Å²) in [6.07, 6.45) is 4.41. The molecule has 1 aromatic rings. The fourth-order valence-corrected chi connectivity index (χ4v) is 2.71. The molecule has 1 N–H and O–H groups in total. The highest BCUT2D eigenvalue weighted by molar-refractivity contribution is 5.41. The van der Waals surface area contributed by atoms with E-state index in [1.54, 1.807) is 7.11 Å². The van der Waals surface area contributed by atoms with Gasteiger partial charge < -0.3 is 15.0 Å². The highest BCUT2D eigenvalue weighted by Crippen LogP contribution is 2.22. The minimum Gasteiger partial charge on any atom is -0.384 e. The SMILES string of the molecule is COCC1CCCN(c2cc(CNC(C)C)ccn2)C1. The molecule has 1 fully saturated rings. The number of piperidine rings is 1. The summed E-state index contributed by atoms with van der Waals surface area (Å²) < 4.78 is 5.30. The maximum Gasteiger partial charge on any atom is 0.128 e. The van der Waals surface area contributed by atoms with Crippen molar-refractivity contribution in [1.29, 1.82) is 0 Å². The zero-order valence-electron chi connectivity index (χ0n) is 12.9. The molecule has 2 heterocycles. The van der Waals surface area contributed by atoms with E-state index in [1.165, 1.54) is 18.4 Å². The van der Waals surface area contributed by atoms with Gasteiger partial charge in [0.15, 0.2) is 0 Å². The predicted molar refractivity (Wildman–Crippen MR) is 83.0 cm³/mol. The molecule has 1 atom stereocenters. The zero-order valence-corrected chi connectivity index (χ0v) is 12.9. The van der Waals surface area contributed by atoms with Crippen LogP contribution in [-0.4, -0.2) is 37.8 Å². The second-order valence-electron chi connectivity index (χ2n) is 5.97. The summed E-state index contributed by atoms with van der Waals surface area (Å²) in [5, 5.41) is 3.45. The van der Waals surface area contributed by atoms with Gasteiger partial charge in [-0.25, -0.2) is 4.98 Å². The molecule has 1 aliphatic heterocycles. The van der Waals surface area contributed by atoms with Crippen molar-refractivity contribution >= 4 is 5.82 Å². The first-order chi connectivity index (χ1) is 9.69. The van der Waals surface area contributed by atoms with Crippen LogP contribution in [0.25, 0.3) is 0 Å². The Morgan fingerprint density at radius 3 is 3.10 bits per heavy atom. The summed E-state index contributed by atoms with van der Waals surface area (Å²) in [6, 6.07) is 4.81. The third kappa shape index (κ3) is 4.46. The molecule has 0 aliphatic carbocycles. The third-order valence-electron chi connectivity index (χ3n) is 3.77. The van der Waals surface area contributed by atoms with Gasteiger partial charge in [0, 0.05) is 39.0 Å². The molecular weight excluding hydrogens is 250 g/mol. The minimum absolute atomic E-state index is 0.507. The highest BCUT2D eigenvalue weighted by atomic mass is 16.5. The molecule has 1 aromatic heterocycles. The van der Waals surface area contributed by atoms with Gasteiger partial charge in [-0.2, -0.15) is 0 Å². The smallest absolute Gasteiger partial charge is 0.128 e. The van der Waals surface area contributed by atoms with E-state index >= 15 is 0 Å². The average molecular weight is 277 g/mol. The largest absolute Gasteiger partial charge is 0.384 e. The number of methoxy groups -OCH3 is 1. The Bertz CT molecular complexity index is 406. The number of anilines is 1. The topological polar surface area (TPSA) is 37.4 Å². The molecule has 0 bridgehead atoms. The van der Waals surface area contributed by atoms with E-state index in [9.17, 15) is 0 Å². The number of nitrogens with zero attached hydrogens (tertiary/aromatic N) is 2. The minimum atomic E-state index is 0.507. The molecule has 4 nitrogen and oxygen atoms in total. The second-order valence-corrected chi connectivity index (χ2v) is 5.97. The van der Waals surface area contributed by atoms with Gasteiger partial charge in [-0.15, -0.1) is 0 Å². The molecule has 2 rings (SSSR count). The first-order valence-corrected chi connectivity index (χ1v) is 7.61. The van der Waals surface area contributed by atoms with Gasteiger partial charge in [0.2, 0.25) is 0 Å². The van der Waals surface area contributed by atoms with Crippen LogP contribution in [0.4, 0.5) is 5.82 Å². The van der Waals surface area contributed by atoms with E-state index in [0.717, 1.165) is 32.1 Å². The maximum atomic E-state index is 5.30. The Labute approximate surface area is 122 Å². The van der Waals surface area contributed by atoms with Crippen LogP contribution < -0.4 is 10.2 Å². The van der Waals surface area contributed by atoms with Gasteiger partial charge in [0.25, 0.3) is 0 Å². The number of aromatic nitrogens is 1. The molecule has 0 amide bonds. The molecule has 0 radical (unpaired) electrons. The lowest BCUT2D eigenvalue weighted by Crippen LogP contribution is -2.37. The Morgan fingerprint density at radius 1 is 1.50 bits per heavy atom. The standard InChI is InChI=1S/C16H27N3O/c1-13(2)18-10-14-6-7-17-16(9-14)19-8-4-5-15(11-19)12-20-3/h6-7,9,13,15,18H,4-5,8,10-12H2,1-3H3. The van der Waals surface area contributed by atoms with Crippen LogP contribution in [0, 0.1) is 5.92 Å². The molecule has 1 unspecified atom stereocenters. The number of nitrogens with one attached hydrogen (secondary N) is 1. The summed E-state index contributed by atoms with van der Waals surface area (Å²) >= 11 is 0. The van der Waals surface area contributed by atoms with Gasteiger partial charge in [-0.05, 0) is 36.5 Å². The number of hydrogen-bond acceptors (Lipinski definition) is 4. The van der Waals surface area contributed by atoms with Crippen molar-refractivity contribution in [2.45, 2.75) is 39.3 Å². The zero-order chi connectivity index (χ0) is 14.4. The van der Waals surface area contributed by atoms with Gasteiger partial charge in [-0.3, -0.25) is 0 Å². The third-order valence-corrected chi connectivity index (χ3v) is 3.77. The summed E-state index contributed by atoms with van der Waals surface area (Å²) in [5.74, 6) is 1.74. The molecule has 1 aliphatic rings. The van der Waals surface area contributed by atoms with E-state index in [0.29, 0.717) is 12.0 Å². The van der Waals surface area contributed by atoms with Crippen LogP contribution in [0.3, 0.4) is 0 Å². The van der Waals surface area contributed by atoms with Gasteiger partial charge in [0.05, 0.1) is 6.61 Å². The van der Waals surface area contributed by atoms with Gasteiger partial charge in [-0.1, -0.05) is 13.8 Å². The summed E-state index contributed by atoms with van der Waals surface area (Å²) in [5.41, 5.74) is 1.30. The van der Waals surface area contributed by atoms with Crippen molar-refractivity contribution in [2.75, 3.05) is 31.7 Å². The van der Waals surface area contributed by atoms with Gasteiger partial charge >= 0.3 is 0 Å². The summed E-state index contributed by atoms with van der Waals surface area (Å²) in [7, 11) is 1.79. The second kappa shape index (κ2) is 7.60. The Hall–Kier alpha value is -1.13. The fraction of sp³-hybridized carbons (Fsp3) is 0.688. The Balaban J connectivity index is 1.98. The van der Waals surface area contributed by atoms with Crippen LogP contribution in [0.15, 0.2) is 18.3 Å². The predicted octanol–water partition coefficient (Wildman–Crippen LogP) is 2.44. The number of hydrogen-bond donors (Lipinski definition) is 1. The first-order valence-electron chi connectivity index (χ1n) is 7.61. The molecule has 112 valence electrons. The van der Waals surface area contributed by atoms with Crippen LogP contribution in [0.5, 0.6) is 0 Å². The molecule has 0 saturated carbocycles. The van der Waals surface area contributed by atoms with Crippen molar-refractivity contribution < 1.29 is 4.74 Å². The lowest BCUT2D eigenvalue weighted by Gasteiger charge is -2.33. The van der Waals surface area contributed by atoms with Crippen molar-refractivity contribution in [3.05, 3.63) is 23.9 Å². The molecule has 20 heavy (non-hydrogen) atoms. The van der Waals surface area contributed by atoms with E-state index in [2.05, 4.69) is 41.2 Å². The summed E-state index contributed by atoms with van der Waals surface area (Å²) in [4.78, 5) is 6.94. The van der Waals surface area contributed by atoms with Crippen molar-refractivity contribution in [1.82, 2.24) is 10.3 Å². The molecule has 0 spiro atoms. The monoisotopic (exact) mass is 277 g/mol. The fourth-order valence-electron chi connectivity index (χ4n) is 2.71. The van der Waals surface area contributed by atoms with E-state index in [1.807, 2.05) is 6.20 Å². The average Bonchev–Trinajstić information content (AvgIpc) is 2.46. The first kappa shape index (κ1) is 15.3. The van der Waals surface area contributed by atoms with Crippen molar-refractivity contribution in [3.8, 4) is 0 Å². The Kier molecular flexibility index (Phi) is 5.80. The van der Waals surface area contributed by atoms with Crippen molar-refractivity contribution in [2.24, 2.45) is 5.92 Å². The molecule has 0 aromatic carbocycles. The Morgan fingerprint density at radius 2 is 2.35 bits per heavy atom. The quantitative estimate of drug-likeness (QED) is 0.866. The highest BCUT2D eigenvalue weighted by Gasteiger charge is 2.20. The molecule has 4 heteroatoms. The molecular formula is C16H27N3O. The van der Waals surface area contributed by atoms with E-state index < -0.39 is 0 Å². The number of rotatable bonds is 6. The molecule has 1 saturated heterocycles. The normalized spacial score (nSPS) is 19.6. The number of pyridine rings is 1. The maximum absolute atomic E-state index is 5.30.